The molecule has 2 aromatic carbocycles. The lowest BCUT2D eigenvalue weighted by atomic mass is 9.93. The fraction of sp³-hybridized carbons (Fsp3) is 0.407. The van der Waals surface area contributed by atoms with Crippen LogP contribution in [0.25, 0.3) is 11.3 Å². The molecule has 1 unspecified atom stereocenters. The molecule has 6 nitrogen and oxygen atoms in total. The summed E-state index contributed by atoms with van der Waals surface area (Å²) in [4.78, 5) is 18.4. The Labute approximate surface area is 195 Å². The molecule has 2 heterocycles. The van der Waals surface area contributed by atoms with Crippen LogP contribution >= 0.6 is 0 Å². The Balaban J connectivity index is 2.00. The highest BCUT2D eigenvalue weighted by molar-refractivity contribution is 5.70. The highest BCUT2D eigenvalue weighted by Gasteiger charge is 2.26. The van der Waals surface area contributed by atoms with Crippen LogP contribution in [0.3, 0.4) is 0 Å². The SMILES string of the molecule is CCOc1cc2c(cc1OCC)-c1c/c(=N/c3c(C)cc(C)cc3C)n(C)c(=O)n1C(C)C2. The predicted octanol–water partition coefficient (Wildman–Crippen LogP) is 4.93. The van der Waals surface area contributed by atoms with E-state index in [1.54, 1.807) is 11.6 Å². The monoisotopic (exact) mass is 447 g/mol. The van der Waals surface area contributed by atoms with E-state index in [9.17, 15) is 4.79 Å². The minimum atomic E-state index is -0.0707. The summed E-state index contributed by atoms with van der Waals surface area (Å²) in [7, 11) is 1.79. The third kappa shape index (κ3) is 4.10. The second kappa shape index (κ2) is 8.93. The van der Waals surface area contributed by atoms with E-state index in [0.717, 1.165) is 45.8 Å². The first kappa shape index (κ1) is 22.9. The largest absolute Gasteiger partial charge is 0.490 e. The van der Waals surface area contributed by atoms with Crippen molar-refractivity contribution in [3.8, 4) is 22.8 Å². The first-order chi connectivity index (χ1) is 15.7. The first-order valence-corrected chi connectivity index (χ1v) is 11.6. The smallest absolute Gasteiger partial charge is 0.330 e. The molecule has 1 aliphatic heterocycles. The van der Waals surface area contributed by atoms with E-state index < -0.39 is 0 Å². The molecular weight excluding hydrogens is 414 g/mol. The van der Waals surface area contributed by atoms with E-state index in [1.807, 2.05) is 30.5 Å². The van der Waals surface area contributed by atoms with E-state index in [2.05, 4.69) is 45.9 Å². The molecule has 0 saturated heterocycles. The molecule has 1 aromatic heterocycles. The molecule has 0 aliphatic carbocycles. The summed E-state index contributed by atoms with van der Waals surface area (Å²) in [5.74, 6) is 1.45. The maximum absolute atomic E-state index is 13.5. The molecule has 1 aliphatic rings. The van der Waals surface area contributed by atoms with Crippen molar-refractivity contribution in [2.24, 2.45) is 12.0 Å². The van der Waals surface area contributed by atoms with Gasteiger partial charge in [-0.1, -0.05) is 17.7 Å². The van der Waals surface area contributed by atoms with Crippen LogP contribution in [0.1, 0.15) is 49.1 Å². The minimum absolute atomic E-state index is 0.0236. The highest BCUT2D eigenvalue weighted by atomic mass is 16.5. The van der Waals surface area contributed by atoms with Gasteiger partial charge in [-0.2, -0.15) is 0 Å². The van der Waals surface area contributed by atoms with Gasteiger partial charge in [-0.3, -0.25) is 9.13 Å². The van der Waals surface area contributed by atoms with Gasteiger partial charge in [0.05, 0.1) is 24.6 Å². The van der Waals surface area contributed by atoms with Gasteiger partial charge in [0.1, 0.15) is 5.49 Å². The summed E-state index contributed by atoms with van der Waals surface area (Å²) < 4.78 is 15.2. The molecule has 0 radical (unpaired) electrons. The lowest BCUT2D eigenvalue weighted by molar-refractivity contribution is 0.287. The van der Waals surface area contributed by atoms with Gasteiger partial charge in [0.2, 0.25) is 0 Å². The van der Waals surface area contributed by atoms with Gasteiger partial charge in [0.15, 0.2) is 11.5 Å². The van der Waals surface area contributed by atoms with Crippen molar-refractivity contribution in [2.45, 2.75) is 54.0 Å². The number of nitrogens with zero attached hydrogens (tertiary/aromatic N) is 3. The number of hydrogen-bond donors (Lipinski definition) is 0. The Morgan fingerprint density at radius 2 is 1.58 bits per heavy atom. The van der Waals surface area contributed by atoms with Crippen molar-refractivity contribution in [1.82, 2.24) is 9.13 Å². The summed E-state index contributed by atoms with van der Waals surface area (Å²) in [6.07, 6.45) is 0.751. The number of hydrogen-bond acceptors (Lipinski definition) is 4. The third-order valence-corrected chi connectivity index (χ3v) is 6.23. The fourth-order valence-electron chi connectivity index (χ4n) is 4.81. The van der Waals surface area contributed by atoms with Gasteiger partial charge in [0.25, 0.3) is 0 Å². The summed E-state index contributed by atoms with van der Waals surface area (Å²) >= 11 is 0. The van der Waals surface area contributed by atoms with Crippen molar-refractivity contribution in [3.63, 3.8) is 0 Å². The molecule has 33 heavy (non-hydrogen) atoms. The van der Waals surface area contributed by atoms with Crippen molar-refractivity contribution in [1.29, 1.82) is 0 Å². The number of aryl methyl sites for hydroxylation is 3. The van der Waals surface area contributed by atoms with E-state index in [1.165, 1.54) is 5.56 Å². The highest BCUT2D eigenvalue weighted by Crippen LogP contribution is 2.40. The number of benzene rings is 2. The zero-order valence-corrected chi connectivity index (χ0v) is 20.7. The van der Waals surface area contributed by atoms with Gasteiger partial charge in [-0.05, 0) is 76.8 Å². The Hall–Kier alpha value is -3.28. The molecule has 0 fully saturated rings. The number of fused-ring (bicyclic) bond motifs is 3. The van der Waals surface area contributed by atoms with E-state index >= 15 is 0 Å². The second-order valence-electron chi connectivity index (χ2n) is 8.83. The lowest BCUT2D eigenvalue weighted by Crippen LogP contribution is -2.41. The van der Waals surface area contributed by atoms with Crippen LogP contribution in [0, 0.1) is 20.8 Å². The van der Waals surface area contributed by atoms with Gasteiger partial charge >= 0.3 is 5.69 Å². The summed E-state index contributed by atoms with van der Waals surface area (Å²) in [6.45, 7) is 13.3. The summed E-state index contributed by atoms with van der Waals surface area (Å²) in [5, 5.41) is 0. The molecule has 3 aromatic rings. The minimum Gasteiger partial charge on any atom is -0.490 e. The van der Waals surface area contributed by atoms with Crippen molar-refractivity contribution in [3.05, 3.63) is 68.6 Å². The standard InChI is InChI=1S/C27H33N3O3/c1-8-32-23-13-20-12-19(6)30-22(21(20)14-24(23)33-9-2)15-25(29(7)27(30)31)28-26-17(4)10-16(3)11-18(26)5/h10-11,13-15,19H,8-9,12H2,1-7H3/b28-25-. The summed E-state index contributed by atoms with van der Waals surface area (Å²) in [6, 6.07) is 10.4. The van der Waals surface area contributed by atoms with Gasteiger partial charge in [0, 0.05) is 24.7 Å². The van der Waals surface area contributed by atoms with E-state index in [-0.39, 0.29) is 11.7 Å². The molecule has 0 spiro atoms. The second-order valence-corrected chi connectivity index (χ2v) is 8.83. The summed E-state index contributed by atoms with van der Waals surface area (Å²) in [5.41, 5.74) is 7.87. The molecular formula is C27H33N3O3. The normalized spacial score (nSPS) is 15.2. The Kier molecular flexibility index (Phi) is 6.19. The van der Waals surface area contributed by atoms with Crippen LogP contribution in [0.4, 0.5) is 5.69 Å². The molecule has 0 bridgehead atoms. The molecule has 174 valence electrons. The van der Waals surface area contributed by atoms with Crippen molar-refractivity contribution >= 4 is 5.69 Å². The van der Waals surface area contributed by atoms with Gasteiger partial charge in [-0.15, -0.1) is 0 Å². The third-order valence-electron chi connectivity index (χ3n) is 6.23. The van der Waals surface area contributed by atoms with Crippen LogP contribution in [-0.2, 0) is 13.5 Å². The van der Waals surface area contributed by atoms with E-state index in [0.29, 0.717) is 24.5 Å². The van der Waals surface area contributed by atoms with E-state index in [4.69, 9.17) is 14.5 Å². The molecule has 6 heteroatoms. The first-order valence-electron chi connectivity index (χ1n) is 11.6. The zero-order valence-electron chi connectivity index (χ0n) is 20.7. The number of aromatic nitrogens is 2. The number of rotatable bonds is 5. The Morgan fingerprint density at radius 3 is 2.18 bits per heavy atom. The Morgan fingerprint density at radius 1 is 0.970 bits per heavy atom. The zero-order chi connectivity index (χ0) is 23.9. The molecule has 0 N–H and O–H groups in total. The van der Waals surface area contributed by atoms with Crippen LogP contribution in [0.15, 0.2) is 40.1 Å². The predicted molar refractivity (Wildman–Crippen MR) is 132 cm³/mol. The van der Waals surface area contributed by atoms with Crippen molar-refractivity contribution in [2.75, 3.05) is 13.2 Å². The maximum atomic E-state index is 13.5. The topological polar surface area (TPSA) is 57.8 Å². The fourth-order valence-corrected chi connectivity index (χ4v) is 4.81. The van der Waals surface area contributed by atoms with Crippen molar-refractivity contribution < 1.29 is 9.47 Å². The quantitative estimate of drug-likeness (QED) is 0.557. The van der Waals surface area contributed by atoms with Gasteiger partial charge in [-0.25, -0.2) is 9.79 Å². The molecule has 0 amide bonds. The Bertz CT molecular complexity index is 1320. The van der Waals surface area contributed by atoms with Crippen LogP contribution < -0.4 is 20.7 Å². The molecule has 0 saturated carbocycles. The average molecular weight is 448 g/mol. The van der Waals surface area contributed by atoms with Gasteiger partial charge < -0.3 is 9.47 Å². The maximum Gasteiger partial charge on any atom is 0.330 e. The lowest BCUT2D eigenvalue weighted by Gasteiger charge is -2.29. The number of ether oxygens (including phenoxy) is 2. The van der Waals surface area contributed by atoms with Crippen LogP contribution in [0.5, 0.6) is 11.5 Å². The van der Waals surface area contributed by atoms with Crippen LogP contribution in [-0.4, -0.2) is 22.3 Å². The van der Waals surface area contributed by atoms with Crippen LogP contribution in [0.2, 0.25) is 0 Å². The average Bonchev–Trinajstić information content (AvgIpc) is 2.74. The molecule has 1 atom stereocenters. The molecule has 4 rings (SSSR count).